The molecule has 0 aliphatic carbocycles. The Kier molecular flexibility index (Phi) is 4.28. The van der Waals surface area contributed by atoms with Gasteiger partial charge in [0, 0.05) is 11.8 Å². The molecule has 1 N–H and O–H groups in total. The average molecular weight is 365 g/mol. The lowest BCUT2D eigenvalue weighted by Gasteiger charge is -2.07. The lowest BCUT2D eigenvalue weighted by atomic mass is 10.1. The van der Waals surface area contributed by atoms with Gasteiger partial charge in [0.1, 0.15) is 5.52 Å². The van der Waals surface area contributed by atoms with Crippen LogP contribution < -0.4 is 5.32 Å². The van der Waals surface area contributed by atoms with Crippen LogP contribution in [0.5, 0.6) is 0 Å². The van der Waals surface area contributed by atoms with E-state index >= 15 is 0 Å². The van der Waals surface area contributed by atoms with E-state index < -0.39 is 0 Å². The predicted octanol–water partition coefficient (Wildman–Crippen LogP) is 3.18. The number of halogens is 1. The third kappa shape index (κ3) is 3.38. The van der Waals surface area contributed by atoms with Crippen LogP contribution in [-0.2, 0) is 6.54 Å². The first kappa shape index (κ1) is 16.2. The minimum Gasteiger partial charge on any atom is -0.305 e. The predicted molar refractivity (Wildman–Crippen MR) is 98.1 cm³/mol. The molecule has 0 radical (unpaired) electrons. The van der Waals surface area contributed by atoms with Crippen LogP contribution in [0.15, 0.2) is 61.1 Å². The van der Waals surface area contributed by atoms with Crippen molar-refractivity contribution in [2.75, 3.05) is 5.32 Å². The summed E-state index contributed by atoms with van der Waals surface area (Å²) >= 11 is 6.09. The summed E-state index contributed by atoms with van der Waals surface area (Å²) in [5.41, 5.74) is 2.69. The molecule has 8 heteroatoms. The number of amides is 1. The molecule has 2 aromatic heterocycles. The van der Waals surface area contributed by atoms with Crippen molar-refractivity contribution in [3.63, 3.8) is 0 Å². The number of carbonyl (C=O) groups is 1. The van der Waals surface area contributed by atoms with E-state index in [2.05, 4.69) is 25.6 Å². The van der Waals surface area contributed by atoms with Crippen molar-refractivity contribution >= 4 is 34.4 Å². The maximum absolute atomic E-state index is 12.5. The van der Waals surface area contributed by atoms with Crippen LogP contribution in [0.25, 0.3) is 11.0 Å². The molecule has 4 aromatic rings. The van der Waals surface area contributed by atoms with Crippen LogP contribution in [0.1, 0.15) is 15.9 Å². The summed E-state index contributed by atoms with van der Waals surface area (Å²) in [6.45, 7) is 0.537. The summed E-state index contributed by atoms with van der Waals surface area (Å²) in [6.07, 6.45) is 4.87. The Hall–Kier alpha value is -3.32. The molecule has 0 spiro atoms. The lowest BCUT2D eigenvalue weighted by molar-refractivity contribution is 0.102. The van der Waals surface area contributed by atoms with Crippen LogP contribution in [-0.4, -0.2) is 30.9 Å². The second-order valence-corrected chi connectivity index (χ2v) is 6.03. The van der Waals surface area contributed by atoms with Gasteiger partial charge < -0.3 is 5.32 Å². The molecule has 26 heavy (non-hydrogen) atoms. The zero-order valence-electron chi connectivity index (χ0n) is 13.5. The van der Waals surface area contributed by atoms with E-state index in [9.17, 15) is 4.79 Å². The van der Waals surface area contributed by atoms with Crippen molar-refractivity contribution in [2.45, 2.75) is 6.54 Å². The molecule has 1 amide bonds. The van der Waals surface area contributed by atoms with Crippen molar-refractivity contribution in [2.24, 2.45) is 0 Å². The number of hydrogen-bond donors (Lipinski definition) is 1. The number of rotatable bonds is 4. The number of anilines is 1. The molecule has 4 rings (SSSR count). The summed E-state index contributed by atoms with van der Waals surface area (Å²) in [6, 6.07) is 12.6. The molecule has 0 unspecified atom stereocenters. The third-order valence-electron chi connectivity index (χ3n) is 3.77. The van der Waals surface area contributed by atoms with Gasteiger partial charge in [-0.2, -0.15) is 0 Å². The fourth-order valence-electron chi connectivity index (χ4n) is 2.57. The van der Waals surface area contributed by atoms with Crippen molar-refractivity contribution in [3.8, 4) is 0 Å². The van der Waals surface area contributed by atoms with Gasteiger partial charge in [-0.25, -0.2) is 14.6 Å². The molecular formula is C18H13ClN6O. The molecule has 7 nitrogen and oxygen atoms in total. The highest BCUT2D eigenvalue weighted by molar-refractivity contribution is 6.34. The largest absolute Gasteiger partial charge is 0.305 e. The number of nitrogens with one attached hydrogen (secondary N) is 1. The van der Waals surface area contributed by atoms with Gasteiger partial charge in [-0.05, 0) is 29.8 Å². The number of aromatic nitrogens is 5. The van der Waals surface area contributed by atoms with Crippen molar-refractivity contribution in [3.05, 3.63) is 77.2 Å². The standard InChI is InChI=1S/C18H13ClN6O/c19-14-5-2-6-15-17(14)20-10-16(22-15)23-18(26)13-4-1-3-12(9-13)11-25-8-7-21-24-25/h1-10H,11H2,(H,22,23,26). The van der Waals surface area contributed by atoms with Gasteiger partial charge in [-0.1, -0.05) is 35.0 Å². The minimum absolute atomic E-state index is 0.263. The molecule has 0 aliphatic rings. The smallest absolute Gasteiger partial charge is 0.256 e. The van der Waals surface area contributed by atoms with Crippen LogP contribution in [0, 0.1) is 0 Å². The van der Waals surface area contributed by atoms with Gasteiger partial charge in [-0.15, -0.1) is 5.10 Å². The monoisotopic (exact) mass is 364 g/mol. The maximum Gasteiger partial charge on any atom is 0.256 e. The number of hydrogen-bond acceptors (Lipinski definition) is 5. The van der Waals surface area contributed by atoms with Crippen LogP contribution in [0.3, 0.4) is 0 Å². The van der Waals surface area contributed by atoms with E-state index in [-0.39, 0.29) is 5.91 Å². The van der Waals surface area contributed by atoms with Crippen LogP contribution in [0.4, 0.5) is 5.82 Å². The highest BCUT2D eigenvalue weighted by atomic mass is 35.5. The van der Waals surface area contributed by atoms with E-state index in [4.69, 9.17) is 11.6 Å². The fourth-order valence-corrected chi connectivity index (χ4v) is 2.79. The molecule has 2 aromatic carbocycles. The fraction of sp³-hybridized carbons (Fsp3) is 0.0556. The Labute approximate surface area is 153 Å². The van der Waals surface area contributed by atoms with Crippen LogP contribution in [0.2, 0.25) is 5.02 Å². The quantitative estimate of drug-likeness (QED) is 0.601. The first-order chi connectivity index (χ1) is 12.7. The number of fused-ring (bicyclic) bond motifs is 1. The Bertz CT molecular complexity index is 1080. The SMILES string of the molecule is O=C(Nc1cnc2c(Cl)cccc2n1)c1cccc(Cn2ccnn2)c1. The van der Waals surface area contributed by atoms with Gasteiger partial charge in [0.05, 0.1) is 29.5 Å². The number of benzene rings is 2. The second kappa shape index (κ2) is 6.89. The number of nitrogens with zero attached hydrogens (tertiary/aromatic N) is 5. The molecule has 0 saturated carbocycles. The summed E-state index contributed by atoms with van der Waals surface area (Å²) in [5.74, 6) is 0.104. The number of carbonyl (C=O) groups excluding carboxylic acids is 1. The Morgan fingerprint density at radius 1 is 1.19 bits per heavy atom. The van der Waals surface area contributed by atoms with E-state index in [1.54, 1.807) is 41.3 Å². The van der Waals surface area contributed by atoms with Crippen molar-refractivity contribution in [1.29, 1.82) is 0 Å². The van der Waals surface area contributed by atoms with Gasteiger partial charge in [0.2, 0.25) is 0 Å². The summed E-state index contributed by atoms with van der Waals surface area (Å²) in [4.78, 5) is 21.2. The zero-order chi connectivity index (χ0) is 17.9. The normalized spacial score (nSPS) is 10.8. The number of para-hydroxylation sites is 1. The lowest BCUT2D eigenvalue weighted by Crippen LogP contribution is -2.14. The summed E-state index contributed by atoms with van der Waals surface area (Å²) in [7, 11) is 0. The third-order valence-corrected chi connectivity index (χ3v) is 4.07. The summed E-state index contributed by atoms with van der Waals surface area (Å²) < 4.78 is 1.69. The maximum atomic E-state index is 12.5. The highest BCUT2D eigenvalue weighted by Gasteiger charge is 2.10. The molecule has 0 saturated heterocycles. The average Bonchev–Trinajstić information content (AvgIpc) is 3.15. The molecule has 0 fully saturated rings. The molecule has 128 valence electrons. The van der Waals surface area contributed by atoms with Gasteiger partial charge in [0.25, 0.3) is 5.91 Å². The molecular weight excluding hydrogens is 352 g/mol. The van der Waals surface area contributed by atoms with Crippen LogP contribution >= 0.6 is 11.6 Å². The highest BCUT2D eigenvalue weighted by Crippen LogP contribution is 2.21. The van der Waals surface area contributed by atoms with E-state index in [1.807, 2.05) is 18.2 Å². The molecule has 2 heterocycles. The van der Waals surface area contributed by atoms with Crippen molar-refractivity contribution < 1.29 is 4.79 Å². The van der Waals surface area contributed by atoms with Gasteiger partial charge >= 0.3 is 0 Å². The van der Waals surface area contributed by atoms with Gasteiger partial charge in [0.15, 0.2) is 5.82 Å². The molecule has 0 bridgehead atoms. The summed E-state index contributed by atoms with van der Waals surface area (Å²) in [5, 5.41) is 11.0. The zero-order valence-corrected chi connectivity index (χ0v) is 14.3. The minimum atomic E-state index is -0.263. The first-order valence-corrected chi connectivity index (χ1v) is 8.22. The van der Waals surface area contributed by atoms with Gasteiger partial charge in [-0.3, -0.25) is 4.79 Å². The second-order valence-electron chi connectivity index (χ2n) is 5.62. The van der Waals surface area contributed by atoms with Crippen molar-refractivity contribution in [1.82, 2.24) is 25.0 Å². The molecule has 0 atom stereocenters. The Morgan fingerprint density at radius 3 is 2.92 bits per heavy atom. The Balaban J connectivity index is 1.54. The van der Waals surface area contributed by atoms with E-state index in [0.717, 1.165) is 5.56 Å². The molecule has 0 aliphatic heterocycles. The topological polar surface area (TPSA) is 85.6 Å². The Morgan fingerprint density at radius 2 is 2.08 bits per heavy atom. The van der Waals surface area contributed by atoms with E-state index in [1.165, 1.54) is 6.20 Å². The van der Waals surface area contributed by atoms with E-state index in [0.29, 0.717) is 34.0 Å². The first-order valence-electron chi connectivity index (χ1n) is 7.85.